The smallest absolute Gasteiger partial charge is 0.231 e. The number of carbonyl (C=O) groups is 2. The van der Waals surface area contributed by atoms with Crippen LogP contribution in [0.25, 0.3) is 0 Å². The van der Waals surface area contributed by atoms with Gasteiger partial charge < -0.3 is 10.2 Å². The molecule has 1 atom stereocenters. The Morgan fingerprint density at radius 2 is 2.04 bits per heavy atom. The fourth-order valence-electron chi connectivity index (χ4n) is 3.09. The molecule has 0 aliphatic carbocycles. The van der Waals surface area contributed by atoms with E-state index in [2.05, 4.69) is 29.4 Å². The summed E-state index contributed by atoms with van der Waals surface area (Å²) in [6.45, 7) is 7.55. The molecule has 2 amide bonds. The number of amides is 2. The molecule has 6 nitrogen and oxygen atoms in total. The van der Waals surface area contributed by atoms with Gasteiger partial charge in [-0.2, -0.15) is 0 Å². The molecule has 7 heteroatoms. The van der Waals surface area contributed by atoms with Crippen molar-refractivity contribution < 1.29 is 9.59 Å². The fourth-order valence-corrected chi connectivity index (χ4v) is 4.10. The van der Waals surface area contributed by atoms with Crippen LogP contribution >= 0.6 is 11.3 Å². The van der Waals surface area contributed by atoms with Gasteiger partial charge in [0.15, 0.2) is 0 Å². The quantitative estimate of drug-likeness (QED) is 0.816. The van der Waals surface area contributed by atoms with Crippen LogP contribution in [0.5, 0.6) is 0 Å². The van der Waals surface area contributed by atoms with E-state index in [0.717, 1.165) is 43.7 Å². The van der Waals surface area contributed by atoms with E-state index in [0.29, 0.717) is 24.0 Å². The number of likely N-dealkylation sites (tertiary alicyclic amines) is 1. The van der Waals surface area contributed by atoms with Crippen molar-refractivity contribution >= 4 is 28.3 Å². The summed E-state index contributed by atoms with van der Waals surface area (Å²) < 4.78 is 0. The van der Waals surface area contributed by atoms with E-state index < -0.39 is 0 Å². The second-order valence-corrected chi connectivity index (χ2v) is 7.39. The van der Waals surface area contributed by atoms with Gasteiger partial charge in [-0.1, -0.05) is 32.1 Å². The standard InChI is InChI=1S/C17H28N4O2S/c1-4-8-14(22)21-10-7-9-13(11-21)15(23)18-17-20-19-16(24-17)12(5-2)6-3/h12-13H,4-11H2,1-3H3,(H,18,20,23). The van der Waals surface area contributed by atoms with Crippen LogP contribution in [0.3, 0.4) is 0 Å². The molecule has 0 spiro atoms. The molecule has 1 fully saturated rings. The number of nitrogens with one attached hydrogen (secondary N) is 1. The lowest BCUT2D eigenvalue weighted by Gasteiger charge is -2.31. The van der Waals surface area contributed by atoms with E-state index >= 15 is 0 Å². The average Bonchev–Trinajstić information content (AvgIpc) is 3.04. The summed E-state index contributed by atoms with van der Waals surface area (Å²) in [7, 11) is 0. The summed E-state index contributed by atoms with van der Waals surface area (Å²) in [5, 5.41) is 12.8. The first kappa shape index (κ1) is 18.8. The summed E-state index contributed by atoms with van der Waals surface area (Å²) in [6, 6.07) is 0. The molecule has 24 heavy (non-hydrogen) atoms. The van der Waals surface area contributed by atoms with Crippen LogP contribution in [-0.2, 0) is 9.59 Å². The van der Waals surface area contributed by atoms with Gasteiger partial charge in [-0.3, -0.25) is 9.59 Å². The number of anilines is 1. The molecule has 134 valence electrons. The first-order valence-electron chi connectivity index (χ1n) is 9.00. The molecule has 0 saturated carbocycles. The highest BCUT2D eigenvalue weighted by molar-refractivity contribution is 7.15. The molecule has 1 saturated heterocycles. The SMILES string of the molecule is CCCC(=O)N1CCCC(C(=O)Nc2nnc(C(CC)CC)s2)C1. The number of carbonyl (C=O) groups excluding carboxylic acids is 2. The van der Waals surface area contributed by atoms with Crippen molar-refractivity contribution in [3.05, 3.63) is 5.01 Å². The first-order valence-corrected chi connectivity index (χ1v) is 9.82. The molecular weight excluding hydrogens is 324 g/mol. The molecule has 2 rings (SSSR count). The average molecular weight is 353 g/mol. The van der Waals surface area contributed by atoms with Crippen LogP contribution in [0.2, 0.25) is 0 Å². The highest BCUT2D eigenvalue weighted by Gasteiger charge is 2.28. The van der Waals surface area contributed by atoms with E-state index in [1.807, 2.05) is 11.8 Å². The van der Waals surface area contributed by atoms with Crippen molar-refractivity contribution in [3.63, 3.8) is 0 Å². The van der Waals surface area contributed by atoms with Gasteiger partial charge in [-0.05, 0) is 32.1 Å². The van der Waals surface area contributed by atoms with Crippen LogP contribution in [0, 0.1) is 5.92 Å². The van der Waals surface area contributed by atoms with Gasteiger partial charge in [0.05, 0.1) is 5.92 Å². The summed E-state index contributed by atoms with van der Waals surface area (Å²) in [4.78, 5) is 26.4. The minimum atomic E-state index is -0.153. The highest BCUT2D eigenvalue weighted by atomic mass is 32.1. The zero-order chi connectivity index (χ0) is 17.5. The van der Waals surface area contributed by atoms with Crippen molar-refractivity contribution in [2.45, 2.75) is 65.2 Å². The number of rotatable bonds is 7. The Labute approximate surface area is 148 Å². The molecule has 0 radical (unpaired) electrons. The number of aromatic nitrogens is 2. The Kier molecular flexibility index (Phi) is 7.15. The lowest BCUT2D eigenvalue weighted by atomic mass is 9.97. The van der Waals surface area contributed by atoms with Gasteiger partial charge in [0.25, 0.3) is 0 Å². The van der Waals surface area contributed by atoms with E-state index in [9.17, 15) is 9.59 Å². The maximum absolute atomic E-state index is 12.5. The van der Waals surface area contributed by atoms with Crippen LogP contribution in [0.4, 0.5) is 5.13 Å². The van der Waals surface area contributed by atoms with E-state index in [1.54, 1.807) is 0 Å². The third-order valence-electron chi connectivity index (χ3n) is 4.61. The maximum atomic E-state index is 12.5. The van der Waals surface area contributed by atoms with Gasteiger partial charge in [0, 0.05) is 25.4 Å². The van der Waals surface area contributed by atoms with E-state index in [-0.39, 0.29) is 17.7 Å². The number of piperidine rings is 1. The molecule has 1 unspecified atom stereocenters. The van der Waals surface area contributed by atoms with Gasteiger partial charge in [-0.25, -0.2) is 0 Å². The van der Waals surface area contributed by atoms with Crippen molar-refractivity contribution in [2.75, 3.05) is 18.4 Å². The predicted octanol–water partition coefficient (Wildman–Crippen LogP) is 3.42. The normalized spacial score (nSPS) is 18.0. The Morgan fingerprint density at radius 3 is 2.71 bits per heavy atom. The van der Waals surface area contributed by atoms with Crippen LogP contribution in [-0.4, -0.2) is 40.0 Å². The van der Waals surface area contributed by atoms with Gasteiger partial charge in [0.2, 0.25) is 16.9 Å². The summed E-state index contributed by atoms with van der Waals surface area (Å²) in [5.41, 5.74) is 0. The third kappa shape index (κ3) is 4.75. The fraction of sp³-hybridized carbons (Fsp3) is 0.765. The summed E-state index contributed by atoms with van der Waals surface area (Å²) in [6.07, 6.45) is 5.15. The Hall–Kier alpha value is -1.50. The van der Waals surface area contributed by atoms with Crippen molar-refractivity contribution in [1.82, 2.24) is 15.1 Å². The molecule has 1 N–H and O–H groups in total. The summed E-state index contributed by atoms with van der Waals surface area (Å²) >= 11 is 1.46. The molecule has 0 bridgehead atoms. The van der Waals surface area contributed by atoms with Gasteiger partial charge in [-0.15, -0.1) is 10.2 Å². The van der Waals surface area contributed by atoms with Crippen LogP contribution < -0.4 is 5.32 Å². The third-order valence-corrected chi connectivity index (χ3v) is 5.62. The number of hydrogen-bond donors (Lipinski definition) is 1. The van der Waals surface area contributed by atoms with E-state index in [1.165, 1.54) is 11.3 Å². The van der Waals surface area contributed by atoms with Gasteiger partial charge in [0.1, 0.15) is 5.01 Å². The van der Waals surface area contributed by atoms with Gasteiger partial charge >= 0.3 is 0 Å². The second-order valence-electron chi connectivity index (χ2n) is 6.38. The summed E-state index contributed by atoms with van der Waals surface area (Å²) in [5.74, 6) is 0.364. The highest BCUT2D eigenvalue weighted by Crippen LogP contribution is 2.28. The molecule has 1 aromatic rings. The zero-order valence-corrected chi connectivity index (χ0v) is 15.7. The number of nitrogens with zero attached hydrogens (tertiary/aromatic N) is 3. The maximum Gasteiger partial charge on any atom is 0.231 e. The van der Waals surface area contributed by atoms with Crippen LogP contribution in [0.15, 0.2) is 0 Å². The Bertz CT molecular complexity index is 557. The minimum Gasteiger partial charge on any atom is -0.342 e. The predicted molar refractivity (Wildman–Crippen MR) is 96.1 cm³/mol. The topological polar surface area (TPSA) is 75.2 Å². The first-order chi connectivity index (χ1) is 11.6. The van der Waals surface area contributed by atoms with Crippen molar-refractivity contribution in [1.29, 1.82) is 0 Å². The Morgan fingerprint density at radius 1 is 1.29 bits per heavy atom. The lowest BCUT2D eigenvalue weighted by Crippen LogP contribution is -2.43. The van der Waals surface area contributed by atoms with Crippen LogP contribution in [0.1, 0.15) is 70.2 Å². The van der Waals surface area contributed by atoms with E-state index in [4.69, 9.17) is 0 Å². The molecule has 1 aromatic heterocycles. The monoisotopic (exact) mass is 352 g/mol. The van der Waals surface area contributed by atoms with Crippen molar-refractivity contribution in [2.24, 2.45) is 5.92 Å². The zero-order valence-electron chi connectivity index (χ0n) is 14.9. The number of hydrogen-bond acceptors (Lipinski definition) is 5. The Balaban J connectivity index is 1.93. The lowest BCUT2D eigenvalue weighted by molar-refractivity contribution is -0.134. The second kappa shape index (κ2) is 9.11. The molecule has 2 heterocycles. The largest absolute Gasteiger partial charge is 0.342 e. The minimum absolute atomic E-state index is 0.0451. The van der Waals surface area contributed by atoms with Crippen molar-refractivity contribution in [3.8, 4) is 0 Å². The molecular formula is C17H28N4O2S. The molecule has 0 aromatic carbocycles. The molecule has 1 aliphatic rings. The molecule has 1 aliphatic heterocycles.